The van der Waals surface area contributed by atoms with E-state index in [4.69, 9.17) is 5.11 Å². The first-order valence-corrected chi connectivity index (χ1v) is 4.66. The van der Waals surface area contributed by atoms with E-state index in [2.05, 4.69) is 19.1 Å². The van der Waals surface area contributed by atoms with Crippen LogP contribution in [0.3, 0.4) is 0 Å². The number of allylic oxidation sites excluding steroid dienone is 2. The minimum atomic E-state index is 0.341. The van der Waals surface area contributed by atoms with Gasteiger partial charge in [0.1, 0.15) is 0 Å². The summed E-state index contributed by atoms with van der Waals surface area (Å²) in [5, 5.41) is 8.71. The summed E-state index contributed by atoms with van der Waals surface area (Å²) < 4.78 is 0. The third kappa shape index (κ3) is 2.66. The number of hydrogen-bond donors (Lipinski definition) is 1. The molecule has 1 rings (SSSR count). The molecule has 0 fully saturated rings. The molecule has 0 saturated heterocycles. The van der Waals surface area contributed by atoms with Crippen LogP contribution in [-0.2, 0) is 0 Å². The van der Waals surface area contributed by atoms with Crippen LogP contribution in [0.15, 0.2) is 12.2 Å². The zero-order chi connectivity index (χ0) is 8.10. The Labute approximate surface area is 69.1 Å². The van der Waals surface area contributed by atoms with Crippen LogP contribution in [0.4, 0.5) is 0 Å². The number of aliphatic hydroxyl groups excluding tert-OH is 1. The van der Waals surface area contributed by atoms with Crippen LogP contribution >= 0.6 is 0 Å². The Bertz CT molecular complexity index is 115. The van der Waals surface area contributed by atoms with Gasteiger partial charge in [-0.2, -0.15) is 0 Å². The predicted molar refractivity (Wildman–Crippen MR) is 47.3 cm³/mol. The van der Waals surface area contributed by atoms with E-state index in [0.717, 1.165) is 12.3 Å². The largest absolute Gasteiger partial charge is 0.396 e. The molecule has 0 amide bonds. The highest BCUT2D eigenvalue weighted by Gasteiger charge is 2.16. The fourth-order valence-electron chi connectivity index (χ4n) is 1.83. The third-order valence-electron chi connectivity index (χ3n) is 2.42. The molecule has 0 heterocycles. The summed E-state index contributed by atoms with van der Waals surface area (Å²) in [5.41, 5.74) is 0. The summed E-state index contributed by atoms with van der Waals surface area (Å²) in [6.07, 6.45) is 9.42. The van der Waals surface area contributed by atoms with Crippen molar-refractivity contribution in [1.82, 2.24) is 0 Å². The number of hydrogen-bond acceptors (Lipinski definition) is 1. The minimum Gasteiger partial charge on any atom is -0.396 e. The molecule has 1 N–H and O–H groups in total. The maximum atomic E-state index is 8.71. The second-order valence-electron chi connectivity index (χ2n) is 3.44. The van der Waals surface area contributed by atoms with Gasteiger partial charge >= 0.3 is 0 Å². The van der Waals surface area contributed by atoms with Crippen molar-refractivity contribution in [3.8, 4) is 0 Å². The average Bonchev–Trinajstić information content (AvgIpc) is 2.38. The first-order valence-electron chi connectivity index (χ1n) is 4.66. The van der Waals surface area contributed by atoms with Crippen molar-refractivity contribution in [3.05, 3.63) is 12.2 Å². The Kier molecular flexibility index (Phi) is 3.64. The van der Waals surface area contributed by atoms with E-state index in [0.29, 0.717) is 12.5 Å². The van der Waals surface area contributed by atoms with Crippen molar-refractivity contribution < 1.29 is 5.11 Å². The molecule has 2 atom stereocenters. The molecule has 0 radical (unpaired) electrons. The highest BCUT2D eigenvalue weighted by molar-refractivity contribution is 5.01. The molecule has 0 unspecified atom stereocenters. The molecule has 11 heavy (non-hydrogen) atoms. The first kappa shape index (κ1) is 8.79. The summed E-state index contributed by atoms with van der Waals surface area (Å²) >= 11 is 0. The van der Waals surface area contributed by atoms with Crippen molar-refractivity contribution in [2.75, 3.05) is 6.61 Å². The standard InChI is InChI=1S/C10H18O/c1-2-3-9-4-5-10(8-9)6-7-11/h4-5,9-11H,2-3,6-8H2,1H3/t9-,10+/m1/s1. The zero-order valence-corrected chi connectivity index (χ0v) is 7.29. The summed E-state index contributed by atoms with van der Waals surface area (Å²) in [4.78, 5) is 0. The summed E-state index contributed by atoms with van der Waals surface area (Å²) in [7, 11) is 0. The third-order valence-corrected chi connectivity index (χ3v) is 2.42. The maximum Gasteiger partial charge on any atom is 0.0436 e. The fourth-order valence-corrected chi connectivity index (χ4v) is 1.83. The van der Waals surface area contributed by atoms with Crippen LogP contribution in [0.1, 0.15) is 32.6 Å². The smallest absolute Gasteiger partial charge is 0.0436 e. The van der Waals surface area contributed by atoms with Gasteiger partial charge in [-0.1, -0.05) is 25.5 Å². The van der Waals surface area contributed by atoms with E-state index in [-0.39, 0.29) is 0 Å². The second kappa shape index (κ2) is 4.55. The molecule has 0 aliphatic heterocycles. The lowest BCUT2D eigenvalue weighted by molar-refractivity contribution is 0.264. The van der Waals surface area contributed by atoms with Crippen LogP contribution in [0, 0.1) is 11.8 Å². The zero-order valence-electron chi connectivity index (χ0n) is 7.29. The van der Waals surface area contributed by atoms with Crippen molar-refractivity contribution >= 4 is 0 Å². The molecule has 1 aliphatic carbocycles. The maximum absolute atomic E-state index is 8.71. The van der Waals surface area contributed by atoms with Crippen LogP contribution in [0.2, 0.25) is 0 Å². The molecule has 0 aromatic heterocycles. The lowest BCUT2D eigenvalue weighted by Crippen LogP contribution is -1.99. The quantitative estimate of drug-likeness (QED) is 0.616. The number of rotatable bonds is 4. The van der Waals surface area contributed by atoms with Gasteiger partial charge in [-0.05, 0) is 31.1 Å². The van der Waals surface area contributed by atoms with Crippen LogP contribution in [0.25, 0.3) is 0 Å². The van der Waals surface area contributed by atoms with E-state index in [1.54, 1.807) is 0 Å². The molecule has 0 saturated carbocycles. The molecular weight excluding hydrogens is 136 g/mol. The highest BCUT2D eigenvalue weighted by atomic mass is 16.3. The predicted octanol–water partition coefficient (Wildman–Crippen LogP) is 2.36. The minimum absolute atomic E-state index is 0.341. The molecule has 1 nitrogen and oxygen atoms in total. The fraction of sp³-hybridized carbons (Fsp3) is 0.800. The van der Waals surface area contributed by atoms with Gasteiger partial charge in [-0.15, -0.1) is 0 Å². The Morgan fingerprint density at radius 2 is 1.91 bits per heavy atom. The van der Waals surface area contributed by atoms with E-state index in [1.807, 2.05) is 0 Å². The van der Waals surface area contributed by atoms with Gasteiger partial charge in [-0.25, -0.2) is 0 Å². The Morgan fingerprint density at radius 1 is 1.27 bits per heavy atom. The molecule has 64 valence electrons. The van der Waals surface area contributed by atoms with Crippen molar-refractivity contribution in [3.63, 3.8) is 0 Å². The SMILES string of the molecule is CCC[C@@H]1C=C[C@@H](CCO)C1. The van der Waals surface area contributed by atoms with E-state index in [9.17, 15) is 0 Å². The monoisotopic (exact) mass is 154 g/mol. The average molecular weight is 154 g/mol. The summed E-state index contributed by atoms with van der Waals surface area (Å²) in [6.45, 7) is 2.57. The van der Waals surface area contributed by atoms with Crippen molar-refractivity contribution in [2.24, 2.45) is 11.8 Å². The van der Waals surface area contributed by atoms with Gasteiger partial charge in [0, 0.05) is 6.61 Å². The number of aliphatic hydroxyl groups is 1. The van der Waals surface area contributed by atoms with Gasteiger partial charge in [0.25, 0.3) is 0 Å². The molecule has 0 spiro atoms. The first-order chi connectivity index (χ1) is 5.36. The Balaban J connectivity index is 2.19. The van der Waals surface area contributed by atoms with E-state index in [1.165, 1.54) is 19.3 Å². The molecular formula is C10H18O. The van der Waals surface area contributed by atoms with E-state index < -0.39 is 0 Å². The van der Waals surface area contributed by atoms with Crippen molar-refractivity contribution in [1.29, 1.82) is 0 Å². The van der Waals surface area contributed by atoms with Crippen LogP contribution in [-0.4, -0.2) is 11.7 Å². The molecule has 0 bridgehead atoms. The van der Waals surface area contributed by atoms with Crippen LogP contribution < -0.4 is 0 Å². The topological polar surface area (TPSA) is 20.2 Å². The summed E-state index contributed by atoms with van der Waals surface area (Å²) in [6, 6.07) is 0. The van der Waals surface area contributed by atoms with Gasteiger partial charge in [0.05, 0.1) is 0 Å². The molecule has 0 aromatic rings. The van der Waals surface area contributed by atoms with Gasteiger partial charge in [0.2, 0.25) is 0 Å². The lowest BCUT2D eigenvalue weighted by atomic mass is 9.97. The Hall–Kier alpha value is -0.300. The lowest BCUT2D eigenvalue weighted by Gasteiger charge is -2.08. The Morgan fingerprint density at radius 3 is 2.45 bits per heavy atom. The second-order valence-corrected chi connectivity index (χ2v) is 3.44. The van der Waals surface area contributed by atoms with Gasteiger partial charge < -0.3 is 5.11 Å². The van der Waals surface area contributed by atoms with Gasteiger partial charge in [0.15, 0.2) is 0 Å². The van der Waals surface area contributed by atoms with Crippen molar-refractivity contribution in [2.45, 2.75) is 32.6 Å². The van der Waals surface area contributed by atoms with Gasteiger partial charge in [-0.3, -0.25) is 0 Å². The molecule has 1 aliphatic rings. The highest BCUT2D eigenvalue weighted by Crippen LogP contribution is 2.28. The molecule has 0 aromatic carbocycles. The van der Waals surface area contributed by atoms with E-state index >= 15 is 0 Å². The normalized spacial score (nSPS) is 29.6. The molecule has 1 heteroatoms. The summed E-state index contributed by atoms with van der Waals surface area (Å²) in [5.74, 6) is 1.47. The van der Waals surface area contributed by atoms with Crippen LogP contribution in [0.5, 0.6) is 0 Å².